The summed E-state index contributed by atoms with van der Waals surface area (Å²) in [5.41, 5.74) is 5.65. The molecular weight excluding hydrogens is 390 g/mol. The standard InChI is InChI=1S/C23H27N7O/c1-5-28(6-2)18-10-8-17(9-11-18)26-23(31)20-14-22-24-13-12-21(30(22)27-20)19-15-25-29(7-3)16(19)4/h8-15H,5-7H2,1-4H3,(H,26,31). The molecule has 1 N–H and O–H groups in total. The fourth-order valence-corrected chi connectivity index (χ4v) is 3.77. The summed E-state index contributed by atoms with van der Waals surface area (Å²) in [4.78, 5) is 19.5. The zero-order valence-electron chi connectivity index (χ0n) is 18.3. The van der Waals surface area contributed by atoms with Crippen molar-refractivity contribution >= 4 is 22.9 Å². The molecule has 8 heteroatoms. The van der Waals surface area contributed by atoms with Gasteiger partial charge in [0.2, 0.25) is 0 Å². The maximum atomic E-state index is 12.8. The van der Waals surface area contributed by atoms with Crippen LogP contribution in [0.2, 0.25) is 0 Å². The average molecular weight is 418 g/mol. The SMILES string of the molecule is CCN(CC)c1ccc(NC(=O)c2cc3nccc(-c4cnn(CC)c4C)n3n2)cc1. The number of nitrogens with one attached hydrogen (secondary N) is 1. The number of aryl methyl sites for hydroxylation is 1. The molecule has 0 bridgehead atoms. The van der Waals surface area contributed by atoms with Crippen molar-refractivity contribution in [2.45, 2.75) is 34.2 Å². The molecule has 160 valence electrons. The van der Waals surface area contributed by atoms with E-state index < -0.39 is 0 Å². The molecule has 1 amide bonds. The van der Waals surface area contributed by atoms with Gasteiger partial charge in [0.15, 0.2) is 11.3 Å². The average Bonchev–Trinajstić information content (AvgIpc) is 3.39. The van der Waals surface area contributed by atoms with Crippen LogP contribution in [0.1, 0.15) is 37.0 Å². The van der Waals surface area contributed by atoms with Crippen molar-refractivity contribution in [1.82, 2.24) is 24.4 Å². The molecule has 3 heterocycles. The largest absolute Gasteiger partial charge is 0.372 e. The number of carbonyl (C=O) groups excluding carboxylic acids is 1. The van der Waals surface area contributed by atoms with Crippen LogP contribution in [0, 0.1) is 6.92 Å². The number of rotatable bonds is 7. The minimum Gasteiger partial charge on any atom is -0.372 e. The Balaban J connectivity index is 1.60. The fourth-order valence-electron chi connectivity index (χ4n) is 3.77. The first kappa shape index (κ1) is 20.6. The second-order valence-corrected chi connectivity index (χ2v) is 7.26. The Kier molecular flexibility index (Phi) is 5.70. The van der Waals surface area contributed by atoms with Gasteiger partial charge in [-0.05, 0) is 58.0 Å². The van der Waals surface area contributed by atoms with Gasteiger partial charge in [0, 0.05) is 54.5 Å². The molecule has 0 saturated carbocycles. The van der Waals surface area contributed by atoms with Crippen LogP contribution >= 0.6 is 0 Å². The first-order valence-corrected chi connectivity index (χ1v) is 10.6. The van der Waals surface area contributed by atoms with Gasteiger partial charge in [0.1, 0.15) is 0 Å². The highest BCUT2D eigenvalue weighted by atomic mass is 16.1. The molecule has 0 aliphatic carbocycles. The van der Waals surface area contributed by atoms with E-state index in [0.717, 1.165) is 48.0 Å². The van der Waals surface area contributed by atoms with Gasteiger partial charge in [-0.3, -0.25) is 9.48 Å². The first-order valence-electron chi connectivity index (χ1n) is 10.6. The molecule has 31 heavy (non-hydrogen) atoms. The molecule has 0 unspecified atom stereocenters. The Bertz CT molecular complexity index is 1200. The van der Waals surface area contributed by atoms with Crippen LogP contribution in [0.3, 0.4) is 0 Å². The van der Waals surface area contributed by atoms with Crippen LogP contribution < -0.4 is 10.2 Å². The quantitative estimate of drug-likeness (QED) is 0.491. The van der Waals surface area contributed by atoms with Crippen LogP contribution in [-0.4, -0.2) is 43.4 Å². The molecule has 0 aliphatic rings. The third-order valence-corrected chi connectivity index (χ3v) is 5.52. The smallest absolute Gasteiger partial charge is 0.276 e. The van der Waals surface area contributed by atoms with Gasteiger partial charge in [0.25, 0.3) is 5.91 Å². The van der Waals surface area contributed by atoms with Crippen molar-refractivity contribution in [3.63, 3.8) is 0 Å². The Hall–Kier alpha value is -3.68. The lowest BCUT2D eigenvalue weighted by atomic mass is 10.2. The number of fused-ring (bicyclic) bond motifs is 1. The fraction of sp³-hybridized carbons (Fsp3) is 0.304. The summed E-state index contributed by atoms with van der Waals surface area (Å²) in [6.07, 6.45) is 3.55. The molecule has 4 aromatic rings. The second kappa shape index (κ2) is 8.59. The molecule has 3 aromatic heterocycles. The topological polar surface area (TPSA) is 80.4 Å². The highest BCUT2D eigenvalue weighted by Crippen LogP contribution is 2.24. The second-order valence-electron chi connectivity index (χ2n) is 7.26. The van der Waals surface area contributed by atoms with E-state index >= 15 is 0 Å². The van der Waals surface area contributed by atoms with E-state index in [0.29, 0.717) is 11.3 Å². The Labute approximate surface area is 181 Å². The summed E-state index contributed by atoms with van der Waals surface area (Å²) in [5.74, 6) is -0.270. The number of aromatic nitrogens is 5. The summed E-state index contributed by atoms with van der Waals surface area (Å²) in [6, 6.07) is 11.4. The molecule has 0 spiro atoms. The van der Waals surface area contributed by atoms with Crippen molar-refractivity contribution in [2.75, 3.05) is 23.3 Å². The number of carbonyl (C=O) groups is 1. The maximum absolute atomic E-state index is 12.8. The van der Waals surface area contributed by atoms with Crippen molar-refractivity contribution in [3.8, 4) is 11.3 Å². The molecule has 0 atom stereocenters. The number of anilines is 2. The zero-order chi connectivity index (χ0) is 22.0. The predicted molar refractivity (Wildman–Crippen MR) is 123 cm³/mol. The van der Waals surface area contributed by atoms with Gasteiger partial charge in [-0.2, -0.15) is 10.2 Å². The summed E-state index contributed by atoms with van der Waals surface area (Å²) < 4.78 is 3.63. The third-order valence-electron chi connectivity index (χ3n) is 5.52. The van der Waals surface area contributed by atoms with E-state index in [9.17, 15) is 4.79 Å². The zero-order valence-corrected chi connectivity index (χ0v) is 18.3. The van der Waals surface area contributed by atoms with Crippen LogP contribution in [0.25, 0.3) is 16.9 Å². The minimum absolute atomic E-state index is 0.270. The van der Waals surface area contributed by atoms with Gasteiger partial charge in [0.05, 0.1) is 11.9 Å². The van der Waals surface area contributed by atoms with Crippen LogP contribution in [-0.2, 0) is 6.54 Å². The Morgan fingerprint density at radius 2 is 1.84 bits per heavy atom. The molecular formula is C23H27N7O. The van der Waals surface area contributed by atoms with E-state index in [2.05, 4.69) is 46.2 Å². The number of hydrogen-bond donors (Lipinski definition) is 1. The van der Waals surface area contributed by atoms with Gasteiger partial charge in [-0.25, -0.2) is 9.50 Å². The van der Waals surface area contributed by atoms with Crippen LogP contribution in [0.15, 0.2) is 48.8 Å². The lowest BCUT2D eigenvalue weighted by molar-refractivity contribution is 0.102. The lowest BCUT2D eigenvalue weighted by Gasteiger charge is -2.21. The number of benzene rings is 1. The monoisotopic (exact) mass is 417 g/mol. The van der Waals surface area contributed by atoms with E-state index in [1.165, 1.54) is 0 Å². The molecule has 8 nitrogen and oxygen atoms in total. The van der Waals surface area contributed by atoms with Gasteiger partial charge < -0.3 is 10.2 Å². The predicted octanol–water partition coefficient (Wildman–Crippen LogP) is 4.02. The van der Waals surface area contributed by atoms with Crippen LogP contribution in [0.4, 0.5) is 11.4 Å². The van der Waals surface area contributed by atoms with Crippen molar-refractivity contribution in [2.24, 2.45) is 0 Å². The summed E-state index contributed by atoms with van der Waals surface area (Å²) in [6.45, 7) is 11.0. The summed E-state index contributed by atoms with van der Waals surface area (Å²) in [5, 5.41) is 11.9. The van der Waals surface area contributed by atoms with E-state index in [1.807, 2.05) is 48.1 Å². The third kappa shape index (κ3) is 3.88. The molecule has 0 aliphatic heterocycles. The molecule has 4 rings (SSSR count). The molecule has 0 radical (unpaired) electrons. The molecule has 1 aromatic carbocycles. The maximum Gasteiger partial charge on any atom is 0.276 e. The number of amides is 1. The van der Waals surface area contributed by atoms with Gasteiger partial charge in [-0.15, -0.1) is 0 Å². The minimum atomic E-state index is -0.270. The van der Waals surface area contributed by atoms with Gasteiger partial charge in [-0.1, -0.05) is 0 Å². The number of hydrogen-bond acceptors (Lipinski definition) is 5. The molecule has 0 saturated heterocycles. The summed E-state index contributed by atoms with van der Waals surface area (Å²) >= 11 is 0. The Morgan fingerprint density at radius 3 is 2.48 bits per heavy atom. The van der Waals surface area contributed by atoms with E-state index in [-0.39, 0.29) is 5.91 Å². The highest BCUT2D eigenvalue weighted by Gasteiger charge is 2.17. The van der Waals surface area contributed by atoms with Crippen molar-refractivity contribution in [3.05, 3.63) is 60.2 Å². The van der Waals surface area contributed by atoms with Crippen LogP contribution in [0.5, 0.6) is 0 Å². The van der Waals surface area contributed by atoms with Gasteiger partial charge >= 0.3 is 0 Å². The lowest BCUT2D eigenvalue weighted by Crippen LogP contribution is -2.21. The summed E-state index contributed by atoms with van der Waals surface area (Å²) in [7, 11) is 0. The Morgan fingerprint density at radius 1 is 1.10 bits per heavy atom. The van der Waals surface area contributed by atoms with E-state index in [4.69, 9.17) is 0 Å². The number of nitrogens with zero attached hydrogens (tertiary/aromatic N) is 6. The van der Waals surface area contributed by atoms with Crippen molar-refractivity contribution < 1.29 is 4.79 Å². The van der Waals surface area contributed by atoms with Crippen molar-refractivity contribution in [1.29, 1.82) is 0 Å². The first-order chi connectivity index (χ1) is 15.0. The molecule has 0 fully saturated rings. The van der Waals surface area contributed by atoms with E-state index in [1.54, 1.807) is 16.8 Å². The highest BCUT2D eigenvalue weighted by molar-refractivity contribution is 6.03. The normalized spacial score (nSPS) is 11.1.